The van der Waals surface area contributed by atoms with Crippen LogP contribution in [-0.4, -0.2) is 32.1 Å². The van der Waals surface area contributed by atoms with Crippen LogP contribution in [0.1, 0.15) is 23.0 Å². The van der Waals surface area contributed by atoms with Gasteiger partial charge >= 0.3 is 5.97 Å². The number of carbonyl (C=O) groups is 1. The zero-order valence-corrected chi connectivity index (χ0v) is 18.0. The second-order valence-electron chi connectivity index (χ2n) is 7.19. The minimum atomic E-state index is -0.507. The third kappa shape index (κ3) is 3.23. The number of aromatic nitrogens is 4. The van der Waals surface area contributed by atoms with Gasteiger partial charge in [0.25, 0.3) is 5.56 Å². The third-order valence-corrected chi connectivity index (χ3v) is 6.06. The van der Waals surface area contributed by atoms with Gasteiger partial charge in [-0.2, -0.15) is 0 Å². The van der Waals surface area contributed by atoms with Crippen LogP contribution in [0.4, 0.5) is 5.82 Å². The molecule has 0 saturated carbocycles. The van der Waals surface area contributed by atoms with Crippen LogP contribution in [0.5, 0.6) is 0 Å². The van der Waals surface area contributed by atoms with Crippen molar-refractivity contribution >= 4 is 44.2 Å². The fourth-order valence-corrected chi connectivity index (χ4v) is 4.68. The maximum absolute atomic E-state index is 13.3. The number of esters is 1. The van der Waals surface area contributed by atoms with Crippen molar-refractivity contribution in [1.82, 2.24) is 19.5 Å². The first-order valence-corrected chi connectivity index (χ1v) is 10.9. The summed E-state index contributed by atoms with van der Waals surface area (Å²) in [4.78, 5) is 37.4. The van der Waals surface area contributed by atoms with Gasteiger partial charge in [0.15, 0.2) is 0 Å². The van der Waals surface area contributed by atoms with Gasteiger partial charge in [0.05, 0.1) is 33.4 Å². The summed E-state index contributed by atoms with van der Waals surface area (Å²) in [5.74, 6) is -0.120. The molecule has 160 valence electrons. The number of pyridine rings is 2. The smallest absolute Gasteiger partial charge is 0.355 e. The number of H-pyrrole nitrogens is 1. The Morgan fingerprint density at radius 2 is 2.12 bits per heavy atom. The zero-order chi connectivity index (χ0) is 22.2. The van der Waals surface area contributed by atoms with Gasteiger partial charge in [-0.25, -0.2) is 14.8 Å². The summed E-state index contributed by atoms with van der Waals surface area (Å²) in [6, 6.07) is 11.0. The molecule has 9 heteroatoms. The molecule has 0 atom stereocenters. The van der Waals surface area contributed by atoms with Gasteiger partial charge in [0.2, 0.25) is 0 Å². The van der Waals surface area contributed by atoms with Crippen molar-refractivity contribution in [1.29, 1.82) is 0 Å². The highest BCUT2D eigenvalue weighted by Crippen LogP contribution is 2.39. The Bertz CT molecular complexity index is 1530. The maximum atomic E-state index is 13.3. The highest BCUT2D eigenvalue weighted by molar-refractivity contribution is 7.16. The molecule has 0 aliphatic heterocycles. The summed E-state index contributed by atoms with van der Waals surface area (Å²) in [6.07, 6.45) is 3.19. The molecular formula is C23H19N5O3S. The van der Waals surface area contributed by atoms with Crippen LogP contribution in [0.15, 0.2) is 59.1 Å². The van der Waals surface area contributed by atoms with E-state index >= 15 is 0 Å². The Balaban J connectivity index is 1.92. The van der Waals surface area contributed by atoms with Crippen LogP contribution in [-0.2, 0) is 11.3 Å². The lowest BCUT2D eigenvalue weighted by molar-refractivity contribution is 0.0516. The second kappa shape index (κ2) is 7.93. The number of fused-ring (bicyclic) bond motifs is 3. The molecule has 0 fully saturated rings. The first-order chi connectivity index (χ1) is 15.6. The molecule has 5 rings (SSSR count). The van der Waals surface area contributed by atoms with E-state index in [0.717, 1.165) is 26.7 Å². The number of benzene rings is 1. The first-order valence-electron chi connectivity index (χ1n) is 10.0. The van der Waals surface area contributed by atoms with E-state index in [4.69, 9.17) is 10.5 Å². The summed E-state index contributed by atoms with van der Waals surface area (Å²) >= 11 is 1.50. The van der Waals surface area contributed by atoms with Crippen molar-refractivity contribution in [2.24, 2.45) is 0 Å². The van der Waals surface area contributed by atoms with Crippen LogP contribution in [0.3, 0.4) is 0 Å². The average molecular weight is 446 g/mol. The minimum Gasteiger partial charge on any atom is -0.461 e. The number of anilines is 1. The van der Waals surface area contributed by atoms with Gasteiger partial charge in [0.1, 0.15) is 11.5 Å². The Kier molecular flexibility index (Phi) is 4.95. The summed E-state index contributed by atoms with van der Waals surface area (Å²) in [5.41, 5.74) is 10.9. The Labute approximate surface area is 186 Å². The van der Waals surface area contributed by atoms with E-state index in [1.807, 2.05) is 22.8 Å². The molecule has 0 unspecified atom stereocenters. The van der Waals surface area contributed by atoms with E-state index in [0.29, 0.717) is 29.2 Å². The lowest BCUT2D eigenvalue weighted by atomic mass is 10.0. The molecule has 32 heavy (non-hydrogen) atoms. The van der Waals surface area contributed by atoms with Gasteiger partial charge in [-0.1, -0.05) is 0 Å². The van der Waals surface area contributed by atoms with Crippen molar-refractivity contribution in [3.05, 3.63) is 75.9 Å². The number of nitrogens with two attached hydrogens (primary N) is 1. The van der Waals surface area contributed by atoms with Gasteiger partial charge in [-0.15, -0.1) is 11.3 Å². The molecule has 8 nitrogen and oxygen atoms in total. The van der Waals surface area contributed by atoms with E-state index in [9.17, 15) is 9.59 Å². The molecule has 4 aromatic heterocycles. The molecular weight excluding hydrogens is 426 g/mol. The molecule has 0 radical (unpaired) electrons. The Hall–Kier alpha value is -3.98. The minimum absolute atomic E-state index is 0.208. The number of nitrogens with zero attached hydrogens (tertiary/aromatic N) is 3. The van der Waals surface area contributed by atoms with Gasteiger partial charge < -0.3 is 20.0 Å². The van der Waals surface area contributed by atoms with Crippen LogP contribution in [0, 0.1) is 0 Å². The van der Waals surface area contributed by atoms with E-state index in [2.05, 4.69) is 15.0 Å². The standard InChI is InChI=1S/C23H19N5O3S/c1-2-31-23(30)21-18(14-4-3-8-26-22(14)29)19-15(5-6-16-20(19)27-12-32-16)28(21)11-13-7-9-25-17(24)10-13/h3-10,12H,2,11H2,1H3,(H2,24,25)(H,26,29). The molecule has 4 heterocycles. The van der Waals surface area contributed by atoms with Crippen molar-refractivity contribution in [3.8, 4) is 11.1 Å². The molecule has 5 aromatic rings. The SMILES string of the molecule is CCOC(=O)c1c(-c2ccc[nH]c2=O)c2c3ncsc3ccc2n1Cc1ccnc(N)c1. The lowest BCUT2D eigenvalue weighted by Gasteiger charge is -2.12. The molecule has 0 aliphatic rings. The maximum Gasteiger partial charge on any atom is 0.355 e. The molecule has 1 aromatic carbocycles. The topological polar surface area (TPSA) is 116 Å². The monoisotopic (exact) mass is 445 g/mol. The summed E-state index contributed by atoms with van der Waals surface area (Å²) in [5, 5.41) is 0.741. The molecule has 0 saturated heterocycles. The zero-order valence-electron chi connectivity index (χ0n) is 17.2. The molecule has 0 bridgehead atoms. The summed E-state index contributed by atoms with van der Waals surface area (Å²) in [7, 11) is 0. The van der Waals surface area contributed by atoms with Crippen molar-refractivity contribution < 1.29 is 9.53 Å². The van der Waals surface area contributed by atoms with Crippen LogP contribution < -0.4 is 11.3 Å². The number of nitrogen functional groups attached to an aromatic ring is 1. The third-order valence-electron chi connectivity index (χ3n) is 5.27. The van der Waals surface area contributed by atoms with E-state index < -0.39 is 5.97 Å². The molecule has 0 aliphatic carbocycles. The molecule has 0 spiro atoms. The van der Waals surface area contributed by atoms with Gasteiger partial charge in [-0.3, -0.25) is 4.79 Å². The number of rotatable bonds is 5. The largest absolute Gasteiger partial charge is 0.461 e. The number of hydrogen-bond donors (Lipinski definition) is 2. The quantitative estimate of drug-likeness (QED) is 0.398. The van der Waals surface area contributed by atoms with Crippen LogP contribution in [0.25, 0.3) is 32.2 Å². The number of nitrogens with one attached hydrogen (secondary N) is 1. The number of thiazole rings is 1. The molecule has 3 N–H and O–H groups in total. The van der Waals surface area contributed by atoms with Crippen molar-refractivity contribution in [2.75, 3.05) is 12.3 Å². The second-order valence-corrected chi connectivity index (χ2v) is 8.08. The van der Waals surface area contributed by atoms with E-state index in [-0.39, 0.29) is 12.2 Å². The number of aromatic amines is 1. The fourth-order valence-electron chi connectivity index (χ4n) is 4.00. The van der Waals surface area contributed by atoms with Gasteiger partial charge in [-0.05, 0) is 48.9 Å². The first kappa shape index (κ1) is 20.0. The lowest BCUT2D eigenvalue weighted by Crippen LogP contribution is -2.16. The van der Waals surface area contributed by atoms with Gasteiger partial charge in [0, 0.05) is 29.9 Å². The predicted molar refractivity (Wildman–Crippen MR) is 125 cm³/mol. The summed E-state index contributed by atoms with van der Waals surface area (Å²) < 4.78 is 8.26. The number of ether oxygens (including phenoxy) is 1. The van der Waals surface area contributed by atoms with Crippen molar-refractivity contribution in [2.45, 2.75) is 13.5 Å². The van der Waals surface area contributed by atoms with Crippen molar-refractivity contribution in [3.63, 3.8) is 0 Å². The Morgan fingerprint density at radius 3 is 2.91 bits per heavy atom. The van der Waals surface area contributed by atoms with E-state index in [1.54, 1.807) is 43.0 Å². The highest BCUT2D eigenvalue weighted by atomic mass is 32.1. The summed E-state index contributed by atoms with van der Waals surface area (Å²) in [6.45, 7) is 2.30. The van der Waals surface area contributed by atoms with E-state index in [1.165, 1.54) is 11.3 Å². The average Bonchev–Trinajstić information content (AvgIpc) is 3.37. The van der Waals surface area contributed by atoms with Crippen LogP contribution in [0.2, 0.25) is 0 Å². The predicted octanol–water partition coefficient (Wildman–Crippen LogP) is 3.81. The highest BCUT2D eigenvalue weighted by Gasteiger charge is 2.28. The Morgan fingerprint density at radius 1 is 1.25 bits per heavy atom. The number of hydrogen-bond acceptors (Lipinski definition) is 7. The van der Waals surface area contributed by atoms with Crippen LogP contribution >= 0.6 is 11.3 Å². The molecule has 0 amide bonds. The normalized spacial score (nSPS) is 11.3. The fraction of sp³-hybridized carbons (Fsp3) is 0.130. The number of carbonyl (C=O) groups excluding carboxylic acids is 1.